The Kier molecular flexibility index (Phi) is 4.30. The van der Waals surface area contributed by atoms with Crippen molar-refractivity contribution < 1.29 is 13.5 Å². The fraction of sp³-hybridized carbons (Fsp3) is 0.462. The van der Waals surface area contributed by atoms with Crippen molar-refractivity contribution in [1.29, 1.82) is 0 Å². The van der Waals surface area contributed by atoms with Gasteiger partial charge in [-0.15, -0.1) is 11.3 Å². The summed E-state index contributed by atoms with van der Waals surface area (Å²) in [7, 11) is -1.75. The van der Waals surface area contributed by atoms with E-state index < -0.39 is 10.0 Å². The molecule has 1 N–H and O–H groups in total. The molecule has 0 saturated carbocycles. The fourth-order valence-electron chi connectivity index (χ4n) is 2.79. The lowest BCUT2D eigenvalue weighted by atomic mass is 9.92. The highest BCUT2D eigenvalue weighted by Gasteiger charge is 2.40. The number of hydrogen-bond donors (Lipinski definition) is 1. The minimum Gasteiger partial charge on any atom is -0.396 e. The van der Waals surface area contributed by atoms with Crippen molar-refractivity contribution in [3.63, 3.8) is 0 Å². The zero-order valence-electron chi connectivity index (χ0n) is 11.9. The van der Waals surface area contributed by atoms with Crippen molar-refractivity contribution in [2.24, 2.45) is 13.0 Å². The summed E-state index contributed by atoms with van der Waals surface area (Å²) in [6, 6.07) is 3.10. The first-order chi connectivity index (χ1) is 10.4. The lowest BCUT2D eigenvalue weighted by molar-refractivity contribution is 0.223. The summed E-state index contributed by atoms with van der Waals surface area (Å²) in [4.78, 5) is 0. The van der Waals surface area contributed by atoms with Crippen LogP contribution in [0.4, 0.5) is 0 Å². The van der Waals surface area contributed by atoms with Crippen molar-refractivity contribution in [1.82, 2.24) is 14.1 Å². The van der Waals surface area contributed by atoms with Gasteiger partial charge in [-0.2, -0.15) is 9.40 Å². The summed E-state index contributed by atoms with van der Waals surface area (Å²) in [5, 5.41) is 13.7. The van der Waals surface area contributed by atoms with E-state index in [1.165, 1.54) is 10.4 Å². The number of hydrogen-bond acceptors (Lipinski definition) is 5. The summed E-state index contributed by atoms with van der Waals surface area (Å²) in [6.07, 6.45) is 3.59. The number of nitrogens with zero attached hydrogens (tertiary/aromatic N) is 3. The number of thiophene rings is 1. The molecule has 3 rings (SSSR count). The van der Waals surface area contributed by atoms with Crippen molar-refractivity contribution in [2.75, 3.05) is 19.7 Å². The third kappa shape index (κ3) is 2.81. The van der Waals surface area contributed by atoms with Crippen LogP contribution in [0.1, 0.15) is 11.5 Å². The predicted molar refractivity (Wildman–Crippen MR) is 84.6 cm³/mol. The van der Waals surface area contributed by atoms with Gasteiger partial charge in [0, 0.05) is 44.8 Å². The number of halogens is 1. The van der Waals surface area contributed by atoms with Gasteiger partial charge in [-0.3, -0.25) is 4.68 Å². The molecule has 120 valence electrons. The lowest BCUT2D eigenvalue weighted by Gasteiger charge is -2.14. The van der Waals surface area contributed by atoms with E-state index in [0.29, 0.717) is 17.4 Å². The van der Waals surface area contributed by atoms with E-state index in [0.717, 1.165) is 16.9 Å². The zero-order valence-corrected chi connectivity index (χ0v) is 14.3. The van der Waals surface area contributed by atoms with Crippen LogP contribution >= 0.6 is 22.9 Å². The molecule has 0 aliphatic carbocycles. The van der Waals surface area contributed by atoms with Crippen LogP contribution in [-0.2, 0) is 17.1 Å². The number of aliphatic hydroxyl groups is 1. The van der Waals surface area contributed by atoms with E-state index in [1.54, 1.807) is 16.9 Å². The van der Waals surface area contributed by atoms with Crippen molar-refractivity contribution in [2.45, 2.75) is 10.1 Å². The molecule has 1 aliphatic heterocycles. The van der Waals surface area contributed by atoms with E-state index in [9.17, 15) is 13.5 Å². The molecule has 22 heavy (non-hydrogen) atoms. The molecule has 0 radical (unpaired) electrons. The van der Waals surface area contributed by atoms with Gasteiger partial charge in [-0.05, 0) is 17.7 Å². The summed E-state index contributed by atoms with van der Waals surface area (Å²) in [5.41, 5.74) is 0.948. The van der Waals surface area contributed by atoms with Crippen LogP contribution in [0, 0.1) is 5.92 Å². The molecule has 2 atom stereocenters. The van der Waals surface area contributed by atoms with E-state index >= 15 is 0 Å². The molecule has 0 spiro atoms. The molecule has 0 aromatic carbocycles. The Hall–Kier alpha value is -0.930. The topological polar surface area (TPSA) is 75.4 Å². The molecule has 2 aromatic heterocycles. The van der Waals surface area contributed by atoms with Crippen LogP contribution in [-0.4, -0.2) is 47.3 Å². The van der Waals surface area contributed by atoms with Gasteiger partial charge < -0.3 is 5.11 Å². The van der Waals surface area contributed by atoms with Gasteiger partial charge in [-0.25, -0.2) is 8.42 Å². The average molecular weight is 362 g/mol. The highest BCUT2D eigenvalue weighted by Crippen LogP contribution is 2.37. The van der Waals surface area contributed by atoms with Gasteiger partial charge >= 0.3 is 0 Å². The summed E-state index contributed by atoms with van der Waals surface area (Å²) in [5.74, 6) is -0.182. The molecule has 1 fully saturated rings. The Morgan fingerprint density at radius 1 is 1.45 bits per heavy atom. The van der Waals surface area contributed by atoms with Gasteiger partial charge in [0.05, 0.1) is 10.5 Å². The quantitative estimate of drug-likeness (QED) is 0.896. The van der Waals surface area contributed by atoms with Gasteiger partial charge in [0.1, 0.15) is 4.21 Å². The maximum atomic E-state index is 12.7. The Labute approximate surface area is 138 Å². The smallest absolute Gasteiger partial charge is 0.252 e. The average Bonchev–Trinajstić information content (AvgIpc) is 3.17. The van der Waals surface area contributed by atoms with Crippen LogP contribution in [0.15, 0.2) is 28.7 Å². The fourth-order valence-corrected chi connectivity index (χ4v) is 5.95. The summed E-state index contributed by atoms with van der Waals surface area (Å²) in [6.45, 7) is 0.583. The molecule has 0 unspecified atom stereocenters. The van der Waals surface area contributed by atoms with Gasteiger partial charge in [0.2, 0.25) is 0 Å². The van der Waals surface area contributed by atoms with Crippen LogP contribution in [0.3, 0.4) is 0 Å². The van der Waals surface area contributed by atoms with Crippen LogP contribution in [0.2, 0.25) is 4.34 Å². The monoisotopic (exact) mass is 361 g/mol. The minimum atomic E-state index is -3.57. The van der Waals surface area contributed by atoms with Gasteiger partial charge in [0.15, 0.2) is 0 Å². The Morgan fingerprint density at radius 3 is 2.77 bits per heavy atom. The molecule has 0 bridgehead atoms. The largest absolute Gasteiger partial charge is 0.396 e. The second-order valence-corrected chi connectivity index (χ2v) is 9.26. The molecular weight excluding hydrogens is 346 g/mol. The lowest BCUT2D eigenvalue weighted by Crippen LogP contribution is -2.28. The predicted octanol–water partition coefficient (Wildman–Crippen LogP) is 1.53. The number of sulfonamides is 1. The molecule has 2 aromatic rings. The molecule has 1 aliphatic rings. The highest BCUT2D eigenvalue weighted by molar-refractivity contribution is 7.91. The first-order valence-corrected chi connectivity index (χ1v) is 9.40. The zero-order chi connectivity index (χ0) is 15.9. The first kappa shape index (κ1) is 15.9. The highest BCUT2D eigenvalue weighted by atomic mass is 35.5. The SMILES string of the molecule is Cn1cc([C@@H]2CN(S(=O)(=O)c3ccc(Cl)s3)C[C@H]2CO)cn1. The molecule has 0 amide bonds. The van der Waals surface area contributed by atoms with Crippen molar-refractivity contribution >= 4 is 33.0 Å². The van der Waals surface area contributed by atoms with E-state index in [2.05, 4.69) is 5.10 Å². The number of aliphatic hydroxyl groups excluding tert-OH is 1. The van der Waals surface area contributed by atoms with E-state index in [1.807, 2.05) is 13.2 Å². The summed E-state index contributed by atoms with van der Waals surface area (Å²) < 4.78 is 29.1. The normalized spacial score (nSPS) is 23.2. The van der Waals surface area contributed by atoms with Gasteiger partial charge in [-0.1, -0.05) is 11.6 Å². The molecule has 1 saturated heterocycles. The number of aromatic nitrogens is 2. The Balaban J connectivity index is 1.88. The third-order valence-electron chi connectivity index (χ3n) is 3.94. The first-order valence-electron chi connectivity index (χ1n) is 6.76. The number of rotatable bonds is 4. The minimum absolute atomic E-state index is 0.0519. The van der Waals surface area contributed by atoms with Crippen molar-refractivity contribution in [3.05, 3.63) is 34.4 Å². The maximum absolute atomic E-state index is 12.7. The second-order valence-electron chi connectivity index (χ2n) is 5.38. The summed E-state index contributed by atoms with van der Waals surface area (Å²) >= 11 is 6.89. The Morgan fingerprint density at radius 2 is 2.23 bits per heavy atom. The second kappa shape index (κ2) is 5.93. The van der Waals surface area contributed by atoms with E-state index in [-0.39, 0.29) is 22.7 Å². The Bertz CT molecular complexity index is 771. The molecule has 9 heteroatoms. The van der Waals surface area contributed by atoms with Gasteiger partial charge in [0.25, 0.3) is 10.0 Å². The van der Waals surface area contributed by atoms with Crippen LogP contribution < -0.4 is 0 Å². The molecular formula is C13H16ClN3O3S2. The van der Waals surface area contributed by atoms with E-state index in [4.69, 9.17) is 11.6 Å². The number of aryl methyl sites for hydroxylation is 1. The standard InChI is InChI=1S/C13H16ClN3O3S2/c1-16-5-9(4-15-16)11-7-17(6-10(11)8-18)22(19,20)13-3-2-12(14)21-13/h2-5,10-11,18H,6-8H2,1H3/t10-,11-/m0/s1. The maximum Gasteiger partial charge on any atom is 0.252 e. The third-order valence-corrected chi connectivity index (χ3v) is 7.47. The van der Waals surface area contributed by atoms with Crippen LogP contribution in [0.25, 0.3) is 0 Å². The van der Waals surface area contributed by atoms with Crippen LogP contribution in [0.5, 0.6) is 0 Å². The van der Waals surface area contributed by atoms with Crippen molar-refractivity contribution in [3.8, 4) is 0 Å². The molecule has 3 heterocycles. The molecule has 6 nitrogen and oxygen atoms in total.